The van der Waals surface area contributed by atoms with Crippen molar-refractivity contribution < 1.29 is 9.18 Å². The van der Waals surface area contributed by atoms with E-state index < -0.39 is 11.7 Å². The first kappa shape index (κ1) is 13.6. The number of nitrogens with two attached hydrogens (primary N) is 1. The van der Waals surface area contributed by atoms with Crippen LogP contribution in [0.1, 0.15) is 10.4 Å². The molecule has 0 bridgehead atoms. The molecule has 98 valence electrons. The van der Waals surface area contributed by atoms with E-state index in [0.717, 1.165) is 0 Å². The second-order valence-electron chi connectivity index (χ2n) is 3.79. The lowest BCUT2D eigenvalue weighted by Crippen LogP contribution is -2.13. The Kier molecular flexibility index (Phi) is 3.93. The molecule has 0 saturated carbocycles. The molecular formula is C13H9Cl2FN2O. The maximum Gasteiger partial charge on any atom is 0.258 e. The van der Waals surface area contributed by atoms with Crippen molar-refractivity contribution in [1.29, 1.82) is 0 Å². The van der Waals surface area contributed by atoms with E-state index in [0.29, 0.717) is 5.69 Å². The minimum Gasteiger partial charge on any atom is -0.396 e. The van der Waals surface area contributed by atoms with Crippen molar-refractivity contribution in [3.63, 3.8) is 0 Å². The van der Waals surface area contributed by atoms with Crippen LogP contribution in [0.3, 0.4) is 0 Å². The zero-order chi connectivity index (χ0) is 14.0. The highest BCUT2D eigenvalue weighted by Gasteiger charge is 2.14. The molecule has 2 aromatic carbocycles. The van der Waals surface area contributed by atoms with Gasteiger partial charge in [0.1, 0.15) is 5.82 Å². The van der Waals surface area contributed by atoms with Crippen molar-refractivity contribution >= 4 is 40.5 Å². The Morgan fingerprint density at radius 3 is 2.37 bits per heavy atom. The van der Waals surface area contributed by atoms with Crippen molar-refractivity contribution in [3.05, 3.63) is 57.8 Å². The SMILES string of the molecule is Nc1cc(NC(=O)c2c(Cl)cccc2Cl)ccc1F. The van der Waals surface area contributed by atoms with Gasteiger partial charge in [-0.2, -0.15) is 0 Å². The monoisotopic (exact) mass is 298 g/mol. The van der Waals surface area contributed by atoms with Gasteiger partial charge in [0.25, 0.3) is 5.91 Å². The molecule has 0 heterocycles. The molecule has 19 heavy (non-hydrogen) atoms. The summed E-state index contributed by atoms with van der Waals surface area (Å²) in [7, 11) is 0. The zero-order valence-corrected chi connectivity index (χ0v) is 11.1. The second kappa shape index (κ2) is 5.47. The fourth-order valence-electron chi connectivity index (χ4n) is 1.53. The molecule has 2 rings (SSSR count). The minimum absolute atomic E-state index is 0.0527. The Morgan fingerprint density at radius 2 is 1.79 bits per heavy atom. The number of hydrogen-bond acceptors (Lipinski definition) is 2. The van der Waals surface area contributed by atoms with E-state index in [2.05, 4.69) is 5.32 Å². The van der Waals surface area contributed by atoms with E-state index in [1.165, 1.54) is 18.2 Å². The zero-order valence-electron chi connectivity index (χ0n) is 9.58. The predicted octanol–water partition coefficient (Wildman–Crippen LogP) is 3.97. The van der Waals surface area contributed by atoms with Crippen LogP contribution in [0, 0.1) is 5.82 Å². The number of anilines is 2. The van der Waals surface area contributed by atoms with Gasteiger partial charge in [-0.05, 0) is 30.3 Å². The lowest BCUT2D eigenvalue weighted by Gasteiger charge is -2.09. The van der Waals surface area contributed by atoms with Crippen molar-refractivity contribution in [2.75, 3.05) is 11.1 Å². The Bertz CT molecular complexity index is 626. The Labute approximate surface area is 119 Å². The van der Waals surface area contributed by atoms with Crippen LogP contribution >= 0.6 is 23.2 Å². The second-order valence-corrected chi connectivity index (χ2v) is 4.60. The molecular weight excluding hydrogens is 290 g/mol. The Balaban J connectivity index is 2.28. The summed E-state index contributed by atoms with van der Waals surface area (Å²) in [5, 5.41) is 3.03. The molecule has 0 aliphatic rings. The Morgan fingerprint density at radius 1 is 1.16 bits per heavy atom. The van der Waals surface area contributed by atoms with Gasteiger partial charge in [-0.3, -0.25) is 4.79 Å². The molecule has 6 heteroatoms. The van der Waals surface area contributed by atoms with Gasteiger partial charge in [-0.25, -0.2) is 4.39 Å². The van der Waals surface area contributed by atoms with E-state index in [1.807, 2.05) is 0 Å². The third-order valence-electron chi connectivity index (χ3n) is 2.44. The van der Waals surface area contributed by atoms with E-state index in [1.54, 1.807) is 18.2 Å². The van der Waals surface area contributed by atoms with Gasteiger partial charge in [-0.15, -0.1) is 0 Å². The first-order valence-electron chi connectivity index (χ1n) is 5.29. The third kappa shape index (κ3) is 2.97. The normalized spacial score (nSPS) is 10.3. The predicted molar refractivity (Wildman–Crippen MR) is 75.2 cm³/mol. The minimum atomic E-state index is -0.547. The molecule has 2 aromatic rings. The molecule has 0 spiro atoms. The number of nitrogen functional groups attached to an aromatic ring is 1. The summed E-state index contributed by atoms with van der Waals surface area (Å²) >= 11 is 11.8. The maximum absolute atomic E-state index is 13.0. The topological polar surface area (TPSA) is 55.1 Å². The molecule has 0 fully saturated rings. The molecule has 1 amide bonds. The number of benzene rings is 2. The van der Waals surface area contributed by atoms with E-state index in [9.17, 15) is 9.18 Å². The maximum atomic E-state index is 13.0. The highest BCUT2D eigenvalue weighted by atomic mass is 35.5. The molecule has 0 radical (unpaired) electrons. The van der Waals surface area contributed by atoms with Crippen LogP contribution in [0.4, 0.5) is 15.8 Å². The van der Waals surface area contributed by atoms with Crippen molar-refractivity contribution in [1.82, 2.24) is 0 Å². The molecule has 0 unspecified atom stereocenters. The number of amides is 1. The first-order chi connectivity index (χ1) is 8.99. The molecule has 0 atom stereocenters. The summed E-state index contributed by atoms with van der Waals surface area (Å²) in [6, 6.07) is 8.63. The summed E-state index contributed by atoms with van der Waals surface area (Å²) < 4.78 is 13.0. The fourth-order valence-corrected chi connectivity index (χ4v) is 2.10. The number of nitrogens with one attached hydrogen (secondary N) is 1. The molecule has 0 saturated heterocycles. The van der Waals surface area contributed by atoms with Gasteiger partial charge in [0.15, 0.2) is 0 Å². The standard InChI is InChI=1S/C13H9Cl2FN2O/c14-8-2-1-3-9(15)12(8)13(19)18-7-4-5-10(16)11(17)6-7/h1-6H,17H2,(H,18,19). The van der Waals surface area contributed by atoms with Crippen LogP contribution in [-0.2, 0) is 0 Å². The highest BCUT2D eigenvalue weighted by molar-refractivity contribution is 6.40. The highest BCUT2D eigenvalue weighted by Crippen LogP contribution is 2.25. The summed E-state index contributed by atoms with van der Waals surface area (Å²) in [6.45, 7) is 0. The van der Waals surface area contributed by atoms with Gasteiger partial charge >= 0.3 is 0 Å². The first-order valence-corrected chi connectivity index (χ1v) is 6.05. The lowest BCUT2D eigenvalue weighted by atomic mass is 10.2. The largest absolute Gasteiger partial charge is 0.396 e. The molecule has 3 nitrogen and oxygen atoms in total. The van der Waals surface area contributed by atoms with E-state index in [4.69, 9.17) is 28.9 Å². The number of carbonyl (C=O) groups excluding carboxylic acids is 1. The summed E-state index contributed by atoms with van der Waals surface area (Å²) in [5.41, 5.74) is 5.89. The quantitative estimate of drug-likeness (QED) is 0.824. The van der Waals surface area contributed by atoms with Crippen molar-refractivity contribution in [2.24, 2.45) is 0 Å². The van der Waals surface area contributed by atoms with Crippen LogP contribution in [0.25, 0.3) is 0 Å². The molecule has 0 aromatic heterocycles. The van der Waals surface area contributed by atoms with Crippen LogP contribution < -0.4 is 11.1 Å². The summed E-state index contributed by atoms with van der Waals surface area (Å²) in [6.07, 6.45) is 0. The smallest absolute Gasteiger partial charge is 0.258 e. The summed E-state index contributed by atoms with van der Waals surface area (Å²) in [5.74, 6) is -1.03. The lowest BCUT2D eigenvalue weighted by molar-refractivity contribution is 0.102. The Hall–Kier alpha value is -1.78. The van der Waals surface area contributed by atoms with Crippen LogP contribution in [-0.4, -0.2) is 5.91 Å². The fraction of sp³-hybridized carbons (Fsp3) is 0. The number of rotatable bonds is 2. The number of carbonyl (C=O) groups is 1. The molecule has 0 aliphatic heterocycles. The van der Waals surface area contributed by atoms with Crippen LogP contribution in [0.5, 0.6) is 0 Å². The van der Waals surface area contributed by atoms with E-state index >= 15 is 0 Å². The van der Waals surface area contributed by atoms with Crippen LogP contribution in [0.2, 0.25) is 10.0 Å². The summed E-state index contributed by atoms with van der Waals surface area (Å²) in [4.78, 5) is 12.0. The van der Waals surface area contributed by atoms with Gasteiger partial charge in [0.2, 0.25) is 0 Å². The van der Waals surface area contributed by atoms with Gasteiger partial charge in [-0.1, -0.05) is 29.3 Å². The average molecular weight is 299 g/mol. The molecule has 3 N–H and O–H groups in total. The molecule has 0 aliphatic carbocycles. The number of hydrogen-bond donors (Lipinski definition) is 2. The van der Waals surface area contributed by atoms with Gasteiger partial charge in [0.05, 0.1) is 21.3 Å². The van der Waals surface area contributed by atoms with Crippen molar-refractivity contribution in [3.8, 4) is 0 Å². The number of halogens is 3. The van der Waals surface area contributed by atoms with Gasteiger partial charge < -0.3 is 11.1 Å². The average Bonchev–Trinajstić information content (AvgIpc) is 2.33. The van der Waals surface area contributed by atoms with Crippen molar-refractivity contribution in [2.45, 2.75) is 0 Å². The van der Waals surface area contributed by atoms with E-state index in [-0.39, 0.29) is 21.3 Å². The van der Waals surface area contributed by atoms with Crippen LogP contribution in [0.15, 0.2) is 36.4 Å². The van der Waals surface area contributed by atoms with Gasteiger partial charge in [0, 0.05) is 5.69 Å². The third-order valence-corrected chi connectivity index (χ3v) is 3.07.